The molecule has 0 bridgehead atoms. The summed E-state index contributed by atoms with van der Waals surface area (Å²) in [7, 11) is 0. The lowest BCUT2D eigenvalue weighted by molar-refractivity contribution is -0.255. The second-order valence-corrected chi connectivity index (χ2v) is 6.60. The van der Waals surface area contributed by atoms with Gasteiger partial charge in [-0.15, -0.1) is 0 Å². The van der Waals surface area contributed by atoms with E-state index in [2.05, 4.69) is 15.3 Å². The first-order chi connectivity index (χ1) is 12.6. The minimum atomic E-state index is -1.23. The molecule has 0 amide bonds. The lowest BCUT2D eigenvalue weighted by Crippen LogP contribution is -2.21. The molecule has 2 aromatic carbocycles. The third kappa shape index (κ3) is 3.07. The maximum Gasteiger partial charge on any atom is 0.231 e. The van der Waals surface area contributed by atoms with Gasteiger partial charge in [-0.05, 0) is 29.8 Å². The SMILES string of the molecule is O=C([O-])c1ccc(Nc2nc(O)c(/C=C3\C=Nc4ccccc43)s2)cc1. The molecule has 0 unspecified atom stereocenters. The quantitative estimate of drug-likeness (QED) is 0.743. The van der Waals surface area contributed by atoms with Crippen LogP contribution in [0.3, 0.4) is 0 Å². The number of nitrogens with zero attached hydrogens (tertiary/aromatic N) is 2. The number of anilines is 2. The molecular weight excluding hydrogens is 350 g/mol. The zero-order valence-electron chi connectivity index (χ0n) is 13.3. The average Bonchev–Trinajstić information content (AvgIpc) is 3.20. The summed E-state index contributed by atoms with van der Waals surface area (Å²) in [6.07, 6.45) is 3.60. The number of aromatic carboxylic acids is 1. The van der Waals surface area contributed by atoms with E-state index in [9.17, 15) is 15.0 Å². The van der Waals surface area contributed by atoms with Crippen molar-refractivity contribution in [3.8, 4) is 5.88 Å². The van der Waals surface area contributed by atoms with Crippen LogP contribution in [0.15, 0.2) is 53.5 Å². The van der Waals surface area contributed by atoms with Crippen LogP contribution in [-0.4, -0.2) is 22.3 Å². The molecule has 2 N–H and O–H groups in total. The molecule has 1 aliphatic rings. The van der Waals surface area contributed by atoms with Crippen molar-refractivity contribution in [3.05, 3.63) is 64.5 Å². The third-order valence-corrected chi connectivity index (χ3v) is 4.76. The number of aromatic hydroxyl groups is 1. The van der Waals surface area contributed by atoms with Crippen molar-refractivity contribution in [2.75, 3.05) is 5.32 Å². The minimum absolute atomic E-state index is 0.0749. The number of rotatable bonds is 4. The van der Waals surface area contributed by atoms with Crippen LogP contribution in [0.25, 0.3) is 11.6 Å². The van der Waals surface area contributed by atoms with E-state index in [0.29, 0.717) is 15.7 Å². The Morgan fingerprint density at radius 3 is 2.69 bits per heavy atom. The number of allylic oxidation sites excluding steroid dienone is 1. The number of carbonyl (C=O) groups is 1. The maximum atomic E-state index is 10.8. The van der Waals surface area contributed by atoms with Crippen molar-refractivity contribution in [1.82, 2.24) is 4.98 Å². The van der Waals surface area contributed by atoms with Crippen LogP contribution in [0.1, 0.15) is 20.8 Å². The highest BCUT2D eigenvalue weighted by Gasteiger charge is 2.14. The number of aromatic nitrogens is 1. The van der Waals surface area contributed by atoms with Crippen LogP contribution in [0.4, 0.5) is 16.5 Å². The first-order valence-electron chi connectivity index (χ1n) is 7.73. The van der Waals surface area contributed by atoms with Gasteiger partial charge in [0.1, 0.15) is 0 Å². The van der Waals surface area contributed by atoms with Crippen molar-refractivity contribution in [3.63, 3.8) is 0 Å². The molecule has 1 aliphatic heterocycles. The Morgan fingerprint density at radius 1 is 1.15 bits per heavy atom. The summed E-state index contributed by atoms with van der Waals surface area (Å²) in [5, 5.41) is 24.4. The Kier molecular flexibility index (Phi) is 3.98. The number of thiazole rings is 1. The molecule has 7 heteroatoms. The van der Waals surface area contributed by atoms with Gasteiger partial charge in [-0.1, -0.05) is 41.7 Å². The monoisotopic (exact) mass is 362 g/mol. The van der Waals surface area contributed by atoms with Crippen molar-refractivity contribution in [2.45, 2.75) is 0 Å². The number of carboxylic acid groups (broad SMARTS) is 1. The zero-order valence-corrected chi connectivity index (χ0v) is 14.2. The van der Waals surface area contributed by atoms with Gasteiger partial charge in [-0.25, -0.2) is 0 Å². The molecule has 0 saturated carbocycles. The second kappa shape index (κ2) is 6.45. The van der Waals surface area contributed by atoms with Gasteiger partial charge < -0.3 is 20.3 Å². The van der Waals surface area contributed by atoms with E-state index in [0.717, 1.165) is 16.8 Å². The molecule has 0 atom stereocenters. The zero-order chi connectivity index (χ0) is 18.1. The molecular formula is C19H12N3O3S-. The predicted octanol–water partition coefficient (Wildman–Crippen LogP) is 3.21. The normalized spacial score (nSPS) is 13.8. The number of hydrogen-bond acceptors (Lipinski definition) is 7. The van der Waals surface area contributed by atoms with E-state index in [-0.39, 0.29) is 11.4 Å². The molecule has 6 nitrogen and oxygen atoms in total. The summed E-state index contributed by atoms with van der Waals surface area (Å²) < 4.78 is 0. The minimum Gasteiger partial charge on any atom is -0.545 e. The molecule has 0 aliphatic carbocycles. The summed E-state index contributed by atoms with van der Waals surface area (Å²) in [6, 6.07) is 13.9. The molecule has 0 saturated heterocycles. The van der Waals surface area contributed by atoms with Crippen LogP contribution < -0.4 is 10.4 Å². The van der Waals surface area contributed by atoms with Gasteiger partial charge in [0, 0.05) is 23.0 Å². The number of aliphatic imine (C=N–C) groups is 1. The van der Waals surface area contributed by atoms with Crippen LogP contribution in [-0.2, 0) is 0 Å². The van der Waals surface area contributed by atoms with Gasteiger partial charge in [0.15, 0.2) is 5.13 Å². The topological polar surface area (TPSA) is 97.6 Å². The molecule has 1 aromatic heterocycles. The molecule has 0 fully saturated rings. The number of para-hydroxylation sites is 1. The Morgan fingerprint density at radius 2 is 1.92 bits per heavy atom. The summed E-state index contributed by atoms with van der Waals surface area (Å²) in [5.74, 6) is -1.30. The largest absolute Gasteiger partial charge is 0.545 e. The average molecular weight is 362 g/mol. The molecule has 0 radical (unpaired) electrons. The second-order valence-electron chi connectivity index (χ2n) is 5.57. The van der Waals surface area contributed by atoms with E-state index in [4.69, 9.17) is 0 Å². The number of hydrogen-bond donors (Lipinski definition) is 2. The molecule has 3 aromatic rings. The first kappa shape index (κ1) is 16.0. The third-order valence-electron chi connectivity index (χ3n) is 3.85. The highest BCUT2D eigenvalue weighted by atomic mass is 32.1. The van der Waals surface area contributed by atoms with E-state index in [1.807, 2.05) is 30.3 Å². The van der Waals surface area contributed by atoms with Crippen LogP contribution in [0, 0.1) is 0 Å². The lowest BCUT2D eigenvalue weighted by Gasteiger charge is -2.05. The molecule has 128 valence electrons. The van der Waals surface area contributed by atoms with Crippen LogP contribution in [0.2, 0.25) is 0 Å². The van der Waals surface area contributed by atoms with E-state index < -0.39 is 5.97 Å². The van der Waals surface area contributed by atoms with Crippen molar-refractivity contribution < 1.29 is 15.0 Å². The van der Waals surface area contributed by atoms with E-state index in [1.54, 1.807) is 18.3 Å². The number of carbonyl (C=O) groups excluding carboxylic acids is 1. The van der Waals surface area contributed by atoms with Crippen molar-refractivity contribution >= 4 is 51.7 Å². The Labute approximate surface area is 152 Å². The van der Waals surface area contributed by atoms with Gasteiger partial charge in [0.2, 0.25) is 5.88 Å². The Hall–Kier alpha value is -3.45. The highest BCUT2D eigenvalue weighted by molar-refractivity contribution is 7.16. The smallest absolute Gasteiger partial charge is 0.231 e. The van der Waals surface area contributed by atoms with Crippen molar-refractivity contribution in [2.24, 2.45) is 4.99 Å². The maximum absolute atomic E-state index is 10.8. The molecule has 26 heavy (non-hydrogen) atoms. The fraction of sp³-hybridized carbons (Fsp3) is 0. The predicted molar refractivity (Wildman–Crippen MR) is 100 cm³/mol. The van der Waals surface area contributed by atoms with Gasteiger partial charge in [0.05, 0.1) is 16.5 Å². The van der Waals surface area contributed by atoms with Gasteiger partial charge >= 0.3 is 0 Å². The van der Waals surface area contributed by atoms with E-state index in [1.165, 1.54) is 23.5 Å². The summed E-state index contributed by atoms with van der Waals surface area (Å²) >= 11 is 1.29. The fourth-order valence-electron chi connectivity index (χ4n) is 2.58. The Balaban J connectivity index is 1.58. The number of nitrogens with one attached hydrogen (secondary N) is 1. The summed E-state index contributed by atoms with van der Waals surface area (Å²) in [5.41, 5.74) is 3.57. The van der Waals surface area contributed by atoms with Crippen LogP contribution in [0.5, 0.6) is 5.88 Å². The Bertz CT molecular complexity index is 1050. The van der Waals surface area contributed by atoms with Gasteiger partial charge in [-0.2, -0.15) is 4.98 Å². The van der Waals surface area contributed by atoms with Gasteiger partial charge in [-0.3, -0.25) is 4.99 Å². The summed E-state index contributed by atoms with van der Waals surface area (Å²) in [6.45, 7) is 0. The first-order valence-corrected chi connectivity index (χ1v) is 8.55. The number of carboxylic acids is 1. The van der Waals surface area contributed by atoms with Crippen molar-refractivity contribution in [1.29, 1.82) is 0 Å². The van der Waals surface area contributed by atoms with Gasteiger partial charge in [0.25, 0.3) is 0 Å². The number of fused-ring (bicyclic) bond motifs is 1. The van der Waals surface area contributed by atoms with Crippen LogP contribution >= 0.6 is 11.3 Å². The lowest BCUT2D eigenvalue weighted by atomic mass is 10.1. The fourth-order valence-corrected chi connectivity index (χ4v) is 3.41. The molecule has 4 rings (SSSR count). The molecule has 2 heterocycles. The highest BCUT2D eigenvalue weighted by Crippen LogP contribution is 2.37. The van der Waals surface area contributed by atoms with E-state index >= 15 is 0 Å². The standard InChI is InChI=1S/C19H13N3O3S/c23-17-16(9-12-10-20-15-4-2-1-3-14(12)15)26-19(22-17)21-13-7-5-11(6-8-13)18(24)25/h1-10,23H,(H,21,22)(H,24,25)/p-1/b12-9+. The summed E-state index contributed by atoms with van der Waals surface area (Å²) in [4.78, 5) is 19.8. The molecule has 0 spiro atoms. The number of benzene rings is 2.